The molecule has 0 aliphatic rings. The third kappa shape index (κ3) is 6.43. The Kier molecular flexibility index (Phi) is 8.39. The molecule has 0 spiro atoms. The highest BCUT2D eigenvalue weighted by atomic mass is 79.9. The Morgan fingerprint density at radius 3 is 2.37 bits per heavy atom. The Balaban J connectivity index is 2.02. The average Bonchev–Trinajstić information content (AvgIpc) is 2.65. The number of benzene rings is 1. The molecule has 1 aromatic heterocycles. The number of aromatic nitrogens is 1. The fraction of sp³-hybridized carbons (Fsp3) is 0.400. The van der Waals surface area contributed by atoms with Crippen molar-refractivity contribution < 1.29 is 19.0 Å². The lowest BCUT2D eigenvalue weighted by molar-refractivity contribution is -0.120. The molecule has 1 N–H and O–H groups in total. The first-order valence-corrected chi connectivity index (χ1v) is 9.79. The highest BCUT2D eigenvalue weighted by Gasteiger charge is 2.13. The van der Waals surface area contributed by atoms with E-state index < -0.39 is 0 Å². The average molecular weight is 437 g/mol. The van der Waals surface area contributed by atoms with Crippen molar-refractivity contribution in [3.63, 3.8) is 0 Å². The summed E-state index contributed by atoms with van der Waals surface area (Å²) in [5.74, 6) is 1.77. The Morgan fingerprint density at radius 1 is 1.04 bits per heavy atom. The van der Waals surface area contributed by atoms with E-state index in [4.69, 9.17) is 14.2 Å². The lowest BCUT2D eigenvalue weighted by Gasteiger charge is -2.14. The molecule has 0 aliphatic carbocycles. The van der Waals surface area contributed by atoms with Gasteiger partial charge in [0.1, 0.15) is 0 Å². The maximum atomic E-state index is 12.4. The summed E-state index contributed by atoms with van der Waals surface area (Å²) in [6.45, 7) is 7.77. The third-order valence-corrected chi connectivity index (χ3v) is 4.38. The molecule has 0 radical (unpaired) electrons. The molecule has 0 fully saturated rings. The molecule has 0 saturated heterocycles. The van der Waals surface area contributed by atoms with E-state index in [0.29, 0.717) is 43.7 Å². The number of hydrogen-bond donors (Lipinski definition) is 1. The summed E-state index contributed by atoms with van der Waals surface area (Å²) in [5, 5.41) is 2.92. The summed E-state index contributed by atoms with van der Waals surface area (Å²) in [4.78, 5) is 16.5. The van der Waals surface area contributed by atoms with Gasteiger partial charge >= 0.3 is 0 Å². The zero-order valence-electron chi connectivity index (χ0n) is 15.9. The standard InChI is InChI=1S/C20H25BrN2O4/c1-4-25-17-10-15(16(21)12-18(17)26-5-2)11-19(24)23-13-14-7-8-22-20(9-14)27-6-3/h7-10,12H,4-6,11,13H2,1-3H3,(H,23,24). The molecule has 1 aromatic carbocycles. The lowest BCUT2D eigenvalue weighted by Crippen LogP contribution is -2.24. The molecule has 0 unspecified atom stereocenters. The van der Waals surface area contributed by atoms with Crippen molar-refractivity contribution in [1.82, 2.24) is 10.3 Å². The first-order valence-electron chi connectivity index (χ1n) is 8.99. The quantitative estimate of drug-likeness (QED) is 0.611. The van der Waals surface area contributed by atoms with Crippen LogP contribution in [0.3, 0.4) is 0 Å². The van der Waals surface area contributed by atoms with Crippen LogP contribution >= 0.6 is 15.9 Å². The highest BCUT2D eigenvalue weighted by Crippen LogP contribution is 2.34. The summed E-state index contributed by atoms with van der Waals surface area (Å²) in [5.41, 5.74) is 1.77. The summed E-state index contributed by atoms with van der Waals surface area (Å²) in [6, 6.07) is 7.36. The fourth-order valence-corrected chi connectivity index (χ4v) is 2.94. The smallest absolute Gasteiger partial charge is 0.224 e. The van der Waals surface area contributed by atoms with E-state index >= 15 is 0 Å². The predicted molar refractivity (Wildman–Crippen MR) is 107 cm³/mol. The Labute approximate surface area is 168 Å². The number of hydrogen-bond acceptors (Lipinski definition) is 5. The molecular weight excluding hydrogens is 412 g/mol. The van der Waals surface area contributed by atoms with Gasteiger partial charge in [0.05, 0.1) is 26.2 Å². The van der Waals surface area contributed by atoms with E-state index in [9.17, 15) is 4.79 Å². The second-order valence-electron chi connectivity index (χ2n) is 5.65. The molecule has 146 valence electrons. The van der Waals surface area contributed by atoms with Gasteiger partial charge in [-0.3, -0.25) is 4.79 Å². The van der Waals surface area contributed by atoms with E-state index in [2.05, 4.69) is 26.2 Å². The number of pyridine rings is 1. The Morgan fingerprint density at radius 2 is 1.70 bits per heavy atom. The highest BCUT2D eigenvalue weighted by molar-refractivity contribution is 9.10. The van der Waals surface area contributed by atoms with Crippen molar-refractivity contribution in [2.75, 3.05) is 19.8 Å². The summed E-state index contributed by atoms with van der Waals surface area (Å²) in [7, 11) is 0. The number of nitrogens with one attached hydrogen (secondary N) is 1. The molecule has 0 saturated carbocycles. The van der Waals surface area contributed by atoms with Gasteiger partial charge in [0, 0.05) is 23.3 Å². The predicted octanol–water partition coefficient (Wildman–Crippen LogP) is 3.90. The van der Waals surface area contributed by atoms with Gasteiger partial charge in [0.25, 0.3) is 0 Å². The molecule has 2 aromatic rings. The van der Waals surface area contributed by atoms with Crippen molar-refractivity contribution in [3.8, 4) is 17.4 Å². The van der Waals surface area contributed by atoms with Gasteiger partial charge < -0.3 is 19.5 Å². The van der Waals surface area contributed by atoms with Crippen LogP contribution in [0.5, 0.6) is 17.4 Å². The third-order valence-electron chi connectivity index (χ3n) is 3.64. The first-order chi connectivity index (χ1) is 13.1. The summed E-state index contributed by atoms with van der Waals surface area (Å²) < 4.78 is 17.4. The molecule has 0 atom stereocenters. The molecule has 27 heavy (non-hydrogen) atoms. The van der Waals surface area contributed by atoms with Crippen LogP contribution in [0.2, 0.25) is 0 Å². The first kappa shape index (κ1) is 21.0. The zero-order chi connectivity index (χ0) is 19.6. The number of carbonyl (C=O) groups excluding carboxylic acids is 1. The minimum Gasteiger partial charge on any atom is -0.490 e. The van der Waals surface area contributed by atoms with Crippen molar-refractivity contribution in [2.24, 2.45) is 0 Å². The number of ether oxygens (including phenoxy) is 3. The number of carbonyl (C=O) groups is 1. The molecule has 2 rings (SSSR count). The van der Waals surface area contributed by atoms with Crippen LogP contribution < -0.4 is 19.5 Å². The number of amides is 1. The van der Waals surface area contributed by atoms with Crippen LogP contribution in [0, 0.1) is 0 Å². The fourth-order valence-electron chi connectivity index (χ4n) is 2.47. The minimum absolute atomic E-state index is 0.0860. The number of rotatable bonds is 10. The number of halogens is 1. The second kappa shape index (κ2) is 10.8. The van der Waals surface area contributed by atoms with Gasteiger partial charge in [-0.05, 0) is 50.1 Å². The maximum Gasteiger partial charge on any atom is 0.224 e. The summed E-state index contributed by atoms with van der Waals surface area (Å²) >= 11 is 3.51. The van der Waals surface area contributed by atoms with Gasteiger partial charge in [-0.2, -0.15) is 0 Å². The van der Waals surface area contributed by atoms with Crippen LogP contribution in [-0.2, 0) is 17.8 Å². The Hall–Kier alpha value is -2.28. The topological polar surface area (TPSA) is 69.7 Å². The molecular formula is C20H25BrN2O4. The van der Waals surface area contributed by atoms with E-state index in [1.54, 1.807) is 6.20 Å². The van der Waals surface area contributed by atoms with Crippen molar-refractivity contribution in [3.05, 3.63) is 46.1 Å². The van der Waals surface area contributed by atoms with Crippen LogP contribution in [-0.4, -0.2) is 30.7 Å². The largest absolute Gasteiger partial charge is 0.490 e. The molecule has 1 amide bonds. The van der Waals surface area contributed by atoms with Crippen molar-refractivity contribution >= 4 is 21.8 Å². The van der Waals surface area contributed by atoms with E-state index in [0.717, 1.165) is 15.6 Å². The molecule has 1 heterocycles. The zero-order valence-corrected chi connectivity index (χ0v) is 17.5. The van der Waals surface area contributed by atoms with Crippen LogP contribution in [0.15, 0.2) is 34.9 Å². The molecule has 6 nitrogen and oxygen atoms in total. The van der Waals surface area contributed by atoms with E-state index in [-0.39, 0.29) is 12.3 Å². The van der Waals surface area contributed by atoms with Gasteiger partial charge in [-0.15, -0.1) is 0 Å². The van der Waals surface area contributed by atoms with Gasteiger partial charge in [0.2, 0.25) is 11.8 Å². The maximum absolute atomic E-state index is 12.4. The van der Waals surface area contributed by atoms with E-state index in [1.165, 1.54) is 0 Å². The monoisotopic (exact) mass is 436 g/mol. The van der Waals surface area contributed by atoms with Crippen LogP contribution in [0.1, 0.15) is 31.9 Å². The van der Waals surface area contributed by atoms with Crippen molar-refractivity contribution in [2.45, 2.75) is 33.7 Å². The van der Waals surface area contributed by atoms with Gasteiger partial charge in [-0.1, -0.05) is 15.9 Å². The minimum atomic E-state index is -0.0860. The number of nitrogens with zero attached hydrogens (tertiary/aromatic N) is 1. The normalized spacial score (nSPS) is 10.4. The van der Waals surface area contributed by atoms with E-state index in [1.807, 2.05) is 45.0 Å². The van der Waals surface area contributed by atoms with Gasteiger partial charge in [-0.25, -0.2) is 4.98 Å². The molecule has 0 aliphatic heterocycles. The second-order valence-corrected chi connectivity index (χ2v) is 6.50. The molecule has 0 bridgehead atoms. The van der Waals surface area contributed by atoms with Crippen LogP contribution in [0.4, 0.5) is 0 Å². The Bertz CT molecular complexity index is 768. The SMILES string of the molecule is CCOc1cc(CNC(=O)Cc2cc(OCC)c(OCC)cc2Br)ccn1. The van der Waals surface area contributed by atoms with Crippen LogP contribution in [0.25, 0.3) is 0 Å². The van der Waals surface area contributed by atoms with Crippen molar-refractivity contribution in [1.29, 1.82) is 0 Å². The summed E-state index contributed by atoms with van der Waals surface area (Å²) in [6.07, 6.45) is 1.90. The molecule has 7 heteroatoms. The lowest BCUT2D eigenvalue weighted by atomic mass is 10.1. The van der Waals surface area contributed by atoms with Gasteiger partial charge in [0.15, 0.2) is 11.5 Å².